The first-order chi connectivity index (χ1) is 9.67. The fraction of sp³-hybridized carbons (Fsp3) is 0.600. The zero-order valence-electron chi connectivity index (χ0n) is 12.6. The van der Waals surface area contributed by atoms with Gasteiger partial charge in [-0.05, 0) is 25.2 Å². The quantitative estimate of drug-likeness (QED) is 0.663. The van der Waals surface area contributed by atoms with Crippen molar-refractivity contribution < 1.29 is 18.9 Å². The Morgan fingerprint density at radius 2 is 1.90 bits per heavy atom. The maximum Gasteiger partial charge on any atom is 0.240 e. The van der Waals surface area contributed by atoms with E-state index in [1.807, 2.05) is 13.8 Å². The molecule has 6 heteroatoms. The first-order valence-electron chi connectivity index (χ1n) is 7.01. The number of nitrogens with zero attached hydrogens (tertiary/aromatic N) is 1. The molecule has 1 heterocycles. The van der Waals surface area contributed by atoms with E-state index in [-0.39, 0.29) is 5.82 Å². The van der Waals surface area contributed by atoms with Gasteiger partial charge in [0.05, 0.1) is 0 Å². The third kappa shape index (κ3) is 1.37. The van der Waals surface area contributed by atoms with Gasteiger partial charge >= 0.3 is 0 Å². The number of hydrogen-bond acceptors (Lipinski definition) is 5. The summed E-state index contributed by atoms with van der Waals surface area (Å²) in [5, 5.41) is 6.34. The average Bonchev–Trinajstić information content (AvgIpc) is 2.92. The maximum atomic E-state index is 12.8. The molecule has 0 saturated heterocycles. The molecule has 0 radical (unpaired) electrons. The van der Waals surface area contributed by atoms with Crippen LogP contribution in [0.5, 0.6) is 0 Å². The van der Waals surface area contributed by atoms with Crippen LogP contribution in [0.2, 0.25) is 0 Å². The van der Waals surface area contributed by atoms with Gasteiger partial charge in [-0.1, -0.05) is 25.9 Å². The molecule has 1 aromatic heterocycles. The van der Waals surface area contributed by atoms with Gasteiger partial charge in [0.1, 0.15) is 11.2 Å². The second-order valence-electron chi connectivity index (χ2n) is 6.80. The highest BCUT2D eigenvalue weighted by Gasteiger charge is 2.77. The largest absolute Gasteiger partial charge is 0.360 e. The van der Waals surface area contributed by atoms with Crippen LogP contribution in [0.3, 0.4) is 0 Å². The highest BCUT2D eigenvalue weighted by molar-refractivity contribution is 6.49. The molecule has 2 fully saturated rings. The standard InChI is InChI=1S/C15H18N2O4/c1-8-7-9(17-21-8)16-12(20)15-6-5-14(4,13(15,2)3)10(18)11(15)19/h7H,5-6H2,1-4H3,(H,16,17,20). The topological polar surface area (TPSA) is 89.3 Å². The number of nitrogens with one attached hydrogen (secondary N) is 1. The van der Waals surface area contributed by atoms with E-state index in [9.17, 15) is 14.4 Å². The molecule has 1 N–H and O–H groups in total. The molecule has 1 amide bonds. The number of carbonyl (C=O) groups excluding carboxylic acids is 3. The lowest BCUT2D eigenvalue weighted by Gasteiger charge is -2.36. The minimum Gasteiger partial charge on any atom is -0.360 e. The van der Waals surface area contributed by atoms with Crippen LogP contribution in [0.4, 0.5) is 5.82 Å². The Morgan fingerprint density at radius 3 is 2.38 bits per heavy atom. The predicted octanol–water partition coefficient (Wildman–Crippen LogP) is 1.89. The number of hydrogen-bond donors (Lipinski definition) is 1. The van der Waals surface area contributed by atoms with Gasteiger partial charge in [-0.2, -0.15) is 0 Å². The summed E-state index contributed by atoms with van der Waals surface area (Å²) in [7, 11) is 0. The fourth-order valence-electron chi connectivity index (χ4n) is 3.92. The van der Waals surface area contributed by atoms with Gasteiger partial charge in [-0.15, -0.1) is 0 Å². The smallest absolute Gasteiger partial charge is 0.240 e. The highest BCUT2D eigenvalue weighted by atomic mass is 16.5. The Kier molecular flexibility index (Phi) is 2.54. The third-order valence-corrected chi connectivity index (χ3v) is 5.80. The number of carbonyl (C=O) groups is 3. The molecule has 3 rings (SSSR count). The number of aryl methyl sites for hydroxylation is 1. The summed E-state index contributed by atoms with van der Waals surface area (Å²) in [5.74, 6) is -0.625. The van der Waals surface area contributed by atoms with Crippen LogP contribution in [0.15, 0.2) is 10.6 Å². The molecule has 2 atom stereocenters. The Balaban J connectivity index is 2.02. The summed E-state index contributed by atoms with van der Waals surface area (Å²) in [5.41, 5.74) is -2.77. The average molecular weight is 290 g/mol. The van der Waals surface area contributed by atoms with Crippen molar-refractivity contribution in [2.45, 2.75) is 40.5 Å². The van der Waals surface area contributed by atoms with Gasteiger partial charge < -0.3 is 9.84 Å². The summed E-state index contributed by atoms with van der Waals surface area (Å²) in [6, 6.07) is 1.58. The molecule has 2 bridgehead atoms. The normalized spacial score (nSPS) is 33.5. The number of rotatable bonds is 2. The molecule has 2 aliphatic carbocycles. The van der Waals surface area contributed by atoms with E-state index in [2.05, 4.69) is 10.5 Å². The zero-order valence-corrected chi connectivity index (χ0v) is 12.6. The van der Waals surface area contributed by atoms with Crippen molar-refractivity contribution in [3.05, 3.63) is 11.8 Å². The van der Waals surface area contributed by atoms with E-state index in [4.69, 9.17) is 4.52 Å². The van der Waals surface area contributed by atoms with Crippen LogP contribution in [-0.4, -0.2) is 22.6 Å². The van der Waals surface area contributed by atoms with Crippen molar-refractivity contribution in [2.24, 2.45) is 16.2 Å². The first-order valence-corrected chi connectivity index (χ1v) is 7.01. The zero-order chi connectivity index (χ0) is 15.6. The molecule has 6 nitrogen and oxygen atoms in total. The van der Waals surface area contributed by atoms with Gasteiger partial charge in [-0.25, -0.2) is 0 Å². The van der Waals surface area contributed by atoms with Gasteiger partial charge in [0, 0.05) is 11.5 Å². The Bertz CT molecular complexity index is 675. The Labute approximate surface area is 122 Å². The monoisotopic (exact) mass is 290 g/mol. The molecule has 0 aromatic carbocycles. The third-order valence-electron chi connectivity index (χ3n) is 5.80. The Hall–Kier alpha value is -1.98. The second kappa shape index (κ2) is 3.81. The number of aromatic nitrogens is 1. The minimum atomic E-state index is -1.30. The van der Waals surface area contributed by atoms with Crippen LogP contribution < -0.4 is 5.32 Å². The van der Waals surface area contributed by atoms with Crippen molar-refractivity contribution in [2.75, 3.05) is 5.32 Å². The summed E-state index contributed by atoms with van der Waals surface area (Å²) in [6.45, 7) is 7.16. The van der Waals surface area contributed by atoms with Crippen LogP contribution in [-0.2, 0) is 14.4 Å². The van der Waals surface area contributed by atoms with E-state index >= 15 is 0 Å². The molecular formula is C15H18N2O4. The lowest BCUT2D eigenvalue weighted by molar-refractivity contribution is -0.147. The number of Topliss-reactive ketones (excluding diaryl/α,β-unsaturated/α-hetero) is 2. The van der Waals surface area contributed by atoms with Gasteiger partial charge in [-0.3, -0.25) is 14.4 Å². The fourth-order valence-corrected chi connectivity index (χ4v) is 3.92. The number of fused-ring (bicyclic) bond motifs is 2. The van der Waals surface area contributed by atoms with Gasteiger partial charge in [0.15, 0.2) is 5.82 Å². The molecular weight excluding hydrogens is 272 g/mol. The van der Waals surface area contributed by atoms with E-state index in [0.29, 0.717) is 18.6 Å². The number of anilines is 1. The molecule has 112 valence electrons. The molecule has 2 unspecified atom stereocenters. The lowest BCUT2D eigenvalue weighted by atomic mass is 9.64. The first kappa shape index (κ1) is 14.0. The summed E-state index contributed by atoms with van der Waals surface area (Å²) in [6.07, 6.45) is 0.944. The van der Waals surface area contributed by atoms with E-state index in [1.165, 1.54) is 0 Å². The lowest BCUT2D eigenvalue weighted by Crippen LogP contribution is -2.47. The van der Waals surface area contributed by atoms with E-state index < -0.39 is 33.7 Å². The van der Waals surface area contributed by atoms with Crippen molar-refractivity contribution in [3.8, 4) is 0 Å². The van der Waals surface area contributed by atoms with Crippen molar-refractivity contribution in [1.29, 1.82) is 0 Å². The predicted molar refractivity (Wildman–Crippen MR) is 73.4 cm³/mol. The molecule has 0 aliphatic heterocycles. The van der Waals surface area contributed by atoms with Gasteiger partial charge in [0.2, 0.25) is 17.5 Å². The summed E-state index contributed by atoms with van der Waals surface area (Å²) < 4.78 is 4.91. The van der Waals surface area contributed by atoms with Crippen molar-refractivity contribution in [1.82, 2.24) is 5.16 Å². The Morgan fingerprint density at radius 1 is 1.24 bits per heavy atom. The highest BCUT2D eigenvalue weighted by Crippen LogP contribution is 2.69. The number of ketones is 2. The number of amides is 1. The molecule has 21 heavy (non-hydrogen) atoms. The van der Waals surface area contributed by atoms with E-state index in [1.54, 1.807) is 19.9 Å². The minimum absolute atomic E-state index is 0.267. The second-order valence-corrected chi connectivity index (χ2v) is 6.80. The molecule has 2 saturated carbocycles. The van der Waals surface area contributed by atoms with Crippen molar-refractivity contribution in [3.63, 3.8) is 0 Å². The van der Waals surface area contributed by atoms with Crippen LogP contribution in [0.25, 0.3) is 0 Å². The molecule has 2 aliphatic rings. The van der Waals surface area contributed by atoms with Crippen LogP contribution >= 0.6 is 0 Å². The van der Waals surface area contributed by atoms with Crippen LogP contribution in [0.1, 0.15) is 39.4 Å². The summed E-state index contributed by atoms with van der Waals surface area (Å²) >= 11 is 0. The SMILES string of the molecule is Cc1cc(NC(=O)C23CCC(C)(C(=O)C2=O)C3(C)C)no1. The maximum absolute atomic E-state index is 12.8. The van der Waals surface area contributed by atoms with E-state index in [0.717, 1.165) is 0 Å². The summed E-state index contributed by atoms with van der Waals surface area (Å²) in [4.78, 5) is 37.6. The molecule has 1 aromatic rings. The molecule has 0 spiro atoms. The van der Waals surface area contributed by atoms with Gasteiger partial charge in [0.25, 0.3) is 0 Å². The van der Waals surface area contributed by atoms with Crippen molar-refractivity contribution >= 4 is 23.3 Å². The van der Waals surface area contributed by atoms with Crippen LogP contribution in [0, 0.1) is 23.2 Å².